The van der Waals surface area contributed by atoms with Crippen LogP contribution in [0.1, 0.15) is 37.7 Å². The van der Waals surface area contributed by atoms with Crippen molar-refractivity contribution in [2.45, 2.75) is 37.7 Å². The minimum absolute atomic E-state index is 0.204. The average molecular weight is 307 g/mol. The van der Waals surface area contributed by atoms with E-state index in [1.54, 1.807) is 19.2 Å². The third-order valence-electron chi connectivity index (χ3n) is 4.80. The van der Waals surface area contributed by atoms with Crippen LogP contribution in [0.2, 0.25) is 0 Å². The molecule has 0 aliphatic carbocycles. The number of unbranched alkanes of at least 4 members (excludes halogenated alkanes) is 1. The van der Waals surface area contributed by atoms with E-state index in [0.29, 0.717) is 6.42 Å². The summed E-state index contributed by atoms with van der Waals surface area (Å²) in [4.78, 5) is 2.29. The van der Waals surface area contributed by atoms with Crippen LogP contribution in [-0.4, -0.2) is 49.0 Å². The fourth-order valence-corrected chi connectivity index (χ4v) is 3.56. The van der Waals surface area contributed by atoms with Crippen molar-refractivity contribution < 1.29 is 14.9 Å². The Morgan fingerprint density at radius 1 is 1.36 bits per heavy atom. The molecule has 124 valence electrons. The van der Waals surface area contributed by atoms with E-state index in [4.69, 9.17) is 4.74 Å². The maximum atomic E-state index is 11.5. The second kappa shape index (κ2) is 7.95. The number of aliphatic hydroxyl groups is 1. The molecule has 4 heteroatoms. The molecule has 0 aromatic heterocycles. The molecule has 1 unspecified atom stereocenters. The van der Waals surface area contributed by atoms with Gasteiger partial charge in [0.25, 0.3) is 0 Å². The van der Waals surface area contributed by atoms with E-state index in [0.717, 1.165) is 50.9 Å². The highest BCUT2D eigenvalue weighted by atomic mass is 16.5. The molecule has 0 saturated carbocycles. The number of ether oxygens (including phenoxy) is 1. The first-order valence-electron chi connectivity index (χ1n) is 8.25. The van der Waals surface area contributed by atoms with E-state index in [1.165, 1.54) is 0 Å². The van der Waals surface area contributed by atoms with Gasteiger partial charge in [0.2, 0.25) is 0 Å². The van der Waals surface area contributed by atoms with Gasteiger partial charge in [0.05, 0.1) is 5.60 Å². The molecule has 22 heavy (non-hydrogen) atoms. The van der Waals surface area contributed by atoms with Gasteiger partial charge in [-0.1, -0.05) is 12.1 Å². The van der Waals surface area contributed by atoms with Crippen molar-refractivity contribution in [1.82, 2.24) is 4.90 Å². The van der Waals surface area contributed by atoms with Gasteiger partial charge in [0, 0.05) is 26.2 Å². The number of nitrogens with zero attached hydrogens (tertiary/aromatic N) is 1. The Balaban J connectivity index is 2.19. The zero-order valence-electron chi connectivity index (χ0n) is 13.8. The highest BCUT2D eigenvalue weighted by Crippen LogP contribution is 2.40. The molecule has 0 radical (unpaired) electrons. The van der Waals surface area contributed by atoms with Gasteiger partial charge in [-0.2, -0.15) is 0 Å². The molecule has 1 fully saturated rings. The number of benzene rings is 1. The number of aromatic hydroxyl groups is 1. The molecular formula is C18H29NO3. The van der Waals surface area contributed by atoms with Gasteiger partial charge >= 0.3 is 0 Å². The number of piperidine rings is 1. The number of hydrogen-bond donors (Lipinski definition) is 2. The number of methoxy groups -OCH3 is 1. The lowest BCUT2D eigenvalue weighted by molar-refractivity contribution is -0.0588. The molecule has 1 aliphatic rings. The standard InChI is InChI=1S/C18H29NO3/c1-19-11-6-8-16(14-19)18(21,10-3-4-12-22-2)15-7-5-9-17(20)13-15/h5,7,9,13,16,20-21H,3-4,6,8,10-12,14H2,1-2H3/t16?,18-/m1/s1. The van der Waals surface area contributed by atoms with Crippen molar-refractivity contribution >= 4 is 0 Å². The lowest BCUT2D eigenvalue weighted by Gasteiger charge is -2.42. The number of hydrogen-bond acceptors (Lipinski definition) is 4. The largest absolute Gasteiger partial charge is 0.508 e. The van der Waals surface area contributed by atoms with Crippen molar-refractivity contribution in [2.24, 2.45) is 5.92 Å². The van der Waals surface area contributed by atoms with Crippen molar-refractivity contribution in [1.29, 1.82) is 0 Å². The number of phenolic OH excluding ortho intramolecular Hbond substituents is 1. The molecule has 1 aromatic rings. The van der Waals surface area contributed by atoms with Crippen LogP contribution in [0.3, 0.4) is 0 Å². The highest BCUT2D eigenvalue weighted by molar-refractivity contribution is 5.32. The highest BCUT2D eigenvalue weighted by Gasteiger charge is 2.39. The van der Waals surface area contributed by atoms with Crippen molar-refractivity contribution in [3.05, 3.63) is 29.8 Å². The molecule has 1 aliphatic heterocycles. The Morgan fingerprint density at radius 3 is 2.86 bits per heavy atom. The second-order valence-corrected chi connectivity index (χ2v) is 6.53. The number of rotatable bonds is 7. The van der Waals surface area contributed by atoms with Crippen LogP contribution in [0, 0.1) is 5.92 Å². The Bertz CT molecular complexity index is 465. The molecule has 2 N–H and O–H groups in total. The maximum Gasteiger partial charge on any atom is 0.115 e. The summed E-state index contributed by atoms with van der Waals surface area (Å²) < 4.78 is 5.11. The van der Waals surface area contributed by atoms with Crippen LogP contribution >= 0.6 is 0 Å². The molecule has 2 atom stereocenters. The van der Waals surface area contributed by atoms with Crippen LogP contribution in [0.4, 0.5) is 0 Å². The van der Waals surface area contributed by atoms with Crippen LogP contribution in [0.15, 0.2) is 24.3 Å². The van der Waals surface area contributed by atoms with Gasteiger partial charge in [-0.25, -0.2) is 0 Å². The summed E-state index contributed by atoms with van der Waals surface area (Å²) in [6.07, 6.45) is 4.71. The predicted molar refractivity (Wildman–Crippen MR) is 88.0 cm³/mol. The zero-order chi connectivity index (χ0) is 16.0. The Labute approximate surface area is 133 Å². The van der Waals surface area contributed by atoms with Gasteiger partial charge in [0.1, 0.15) is 5.75 Å². The van der Waals surface area contributed by atoms with Crippen LogP contribution in [0.5, 0.6) is 5.75 Å². The first-order valence-corrected chi connectivity index (χ1v) is 8.25. The minimum atomic E-state index is -0.874. The molecule has 1 saturated heterocycles. The van der Waals surface area contributed by atoms with E-state index in [2.05, 4.69) is 11.9 Å². The predicted octanol–water partition coefficient (Wildman–Crippen LogP) is 2.74. The van der Waals surface area contributed by atoms with Gasteiger partial charge in [0.15, 0.2) is 0 Å². The molecule has 0 spiro atoms. The normalized spacial score (nSPS) is 22.4. The van der Waals surface area contributed by atoms with Crippen LogP contribution in [0.25, 0.3) is 0 Å². The second-order valence-electron chi connectivity index (χ2n) is 6.53. The summed E-state index contributed by atoms with van der Waals surface area (Å²) in [5.41, 5.74) is -0.0357. The summed E-state index contributed by atoms with van der Waals surface area (Å²) >= 11 is 0. The quantitative estimate of drug-likeness (QED) is 0.761. The first-order chi connectivity index (χ1) is 10.6. The van der Waals surface area contributed by atoms with Gasteiger partial charge in [-0.15, -0.1) is 0 Å². The van der Waals surface area contributed by atoms with E-state index in [9.17, 15) is 10.2 Å². The monoisotopic (exact) mass is 307 g/mol. The SMILES string of the molecule is COCCCC[C@@](O)(c1cccc(O)c1)C1CCCN(C)C1. The molecule has 4 nitrogen and oxygen atoms in total. The van der Waals surface area contributed by atoms with E-state index in [-0.39, 0.29) is 11.7 Å². The van der Waals surface area contributed by atoms with Crippen molar-refractivity contribution in [3.8, 4) is 5.75 Å². The third kappa shape index (κ3) is 4.22. The lowest BCUT2D eigenvalue weighted by atomic mass is 9.74. The Hall–Kier alpha value is -1.10. The van der Waals surface area contributed by atoms with Gasteiger partial charge < -0.3 is 19.8 Å². The summed E-state index contributed by atoms with van der Waals surface area (Å²) in [6.45, 7) is 2.72. The minimum Gasteiger partial charge on any atom is -0.508 e. The molecule has 2 rings (SSSR count). The molecule has 1 heterocycles. The average Bonchev–Trinajstić information content (AvgIpc) is 2.51. The molecule has 1 aromatic carbocycles. The summed E-state index contributed by atoms with van der Waals surface area (Å²) in [5, 5.41) is 21.3. The smallest absolute Gasteiger partial charge is 0.115 e. The van der Waals surface area contributed by atoms with Gasteiger partial charge in [-0.05, 0) is 63.4 Å². The van der Waals surface area contributed by atoms with Crippen molar-refractivity contribution in [3.63, 3.8) is 0 Å². The third-order valence-corrected chi connectivity index (χ3v) is 4.80. The lowest BCUT2D eigenvalue weighted by Crippen LogP contribution is -2.45. The van der Waals surface area contributed by atoms with E-state index < -0.39 is 5.60 Å². The Kier molecular flexibility index (Phi) is 6.24. The first kappa shape index (κ1) is 17.3. The molecule has 0 amide bonds. The topological polar surface area (TPSA) is 52.9 Å². The zero-order valence-corrected chi connectivity index (χ0v) is 13.8. The summed E-state index contributed by atoms with van der Waals surface area (Å²) in [5.74, 6) is 0.424. The molecular weight excluding hydrogens is 278 g/mol. The van der Waals surface area contributed by atoms with Crippen LogP contribution in [-0.2, 0) is 10.3 Å². The van der Waals surface area contributed by atoms with E-state index >= 15 is 0 Å². The maximum absolute atomic E-state index is 11.5. The Morgan fingerprint density at radius 2 is 2.18 bits per heavy atom. The van der Waals surface area contributed by atoms with E-state index in [1.807, 2.05) is 12.1 Å². The number of likely N-dealkylation sites (tertiary alicyclic amines) is 1. The van der Waals surface area contributed by atoms with Gasteiger partial charge in [-0.3, -0.25) is 0 Å². The fraction of sp³-hybridized carbons (Fsp3) is 0.667. The van der Waals surface area contributed by atoms with Crippen LogP contribution < -0.4 is 0 Å². The molecule has 0 bridgehead atoms. The fourth-order valence-electron chi connectivity index (χ4n) is 3.56. The number of phenols is 1. The van der Waals surface area contributed by atoms with Crippen molar-refractivity contribution in [2.75, 3.05) is 33.9 Å². The summed E-state index contributed by atoms with van der Waals surface area (Å²) in [6, 6.07) is 7.12. The summed E-state index contributed by atoms with van der Waals surface area (Å²) in [7, 11) is 3.82.